The number of aromatic nitrogens is 1. The first kappa shape index (κ1) is 19.3. The summed E-state index contributed by atoms with van der Waals surface area (Å²) in [6.45, 7) is 4.35. The molecule has 0 radical (unpaired) electrons. The zero-order valence-electron chi connectivity index (χ0n) is 17.6. The Balaban J connectivity index is 1.45. The summed E-state index contributed by atoms with van der Waals surface area (Å²) in [4.78, 5) is 22.6. The number of pyridine rings is 1. The summed E-state index contributed by atoms with van der Waals surface area (Å²) in [5.74, 6) is 1.14. The monoisotopic (exact) mass is 402 g/mol. The van der Waals surface area contributed by atoms with Gasteiger partial charge in [0, 0.05) is 23.9 Å². The topological polar surface area (TPSA) is 48.5 Å². The molecule has 1 fully saturated rings. The Labute approximate surface area is 178 Å². The van der Waals surface area contributed by atoms with Crippen molar-refractivity contribution < 1.29 is 4.79 Å². The molecule has 0 atom stereocenters. The molecule has 5 rings (SSSR count). The molecular formula is C25H30N4O. The Morgan fingerprint density at radius 2 is 1.80 bits per heavy atom. The number of hydrogen-bond donors (Lipinski definition) is 1. The molecule has 0 saturated carbocycles. The van der Waals surface area contributed by atoms with Crippen LogP contribution >= 0.6 is 0 Å². The summed E-state index contributed by atoms with van der Waals surface area (Å²) in [7, 11) is 0. The van der Waals surface area contributed by atoms with Crippen LogP contribution in [0.25, 0.3) is 12.2 Å². The van der Waals surface area contributed by atoms with Gasteiger partial charge in [0.15, 0.2) is 0 Å². The fraction of sp³-hybridized carbons (Fsp3) is 0.440. The summed E-state index contributed by atoms with van der Waals surface area (Å²) in [5, 5.41) is 5.44. The molecular weight excluding hydrogens is 372 g/mol. The van der Waals surface area contributed by atoms with E-state index in [0.717, 1.165) is 67.5 Å². The van der Waals surface area contributed by atoms with Crippen LogP contribution in [-0.2, 0) is 17.8 Å². The van der Waals surface area contributed by atoms with Crippen LogP contribution < -0.4 is 20.8 Å². The first-order chi connectivity index (χ1) is 14.8. The van der Waals surface area contributed by atoms with Crippen LogP contribution in [0, 0.1) is 0 Å². The van der Waals surface area contributed by atoms with Crippen molar-refractivity contribution in [3.63, 3.8) is 0 Å². The van der Waals surface area contributed by atoms with Gasteiger partial charge in [0.05, 0.1) is 17.6 Å². The normalized spacial score (nSPS) is 18.2. The number of hydrogen-bond acceptors (Lipinski definition) is 4. The molecule has 2 aliphatic heterocycles. The van der Waals surface area contributed by atoms with Gasteiger partial charge < -0.3 is 10.2 Å². The maximum absolute atomic E-state index is 12.9. The lowest BCUT2D eigenvalue weighted by atomic mass is 10.1. The highest BCUT2D eigenvalue weighted by molar-refractivity contribution is 5.94. The Bertz CT molecular complexity index is 1040. The van der Waals surface area contributed by atoms with Gasteiger partial charge >= 0.3 is 0 Å². The van der Waals surface area contributed by atoms with E-state index >= 15 is 0 Å². The highest BCUT2D eigenvalue weighted by atomic mass is 16.2. The van der Waals surface area contributed by atoms with Gasteiger partial charge in [0.1, 0.15) is 5.82 Å². The van der Waals surface area contributed by atoms with E-state index in [0.29, 0.717) is 6.54 Å². The average molecular weight is 403 g/mol. The number of carbonyl (C=O) groups excluding carboxylic acids is 1. The minimum Gasteiger partial charge on any atom is -0.352 e. The Morgan fingerprint density at radius 3 is 2.63 bits per heavy atom. The molecule has 0 bridgehead atoms. The van der Waals surface area contributed by atoms with Crippen molar-refractivity contribution in [1.82, 2.24) is 9.88 Å². The van der Waals surface area contributed by atoms with Crippen LogP contribution in [-0.4, -0.2) is 42.0 Å². The largest absolute Gasteiger partial charge is 0.352 e. The quantitative estimate of drug-likeness (QED) is 0.835. The molecule has 5 heteroatoms. The van der Waals surface area contributed by atoms with Gasteiger partial charge in [0.25, 0.3) is 0 Å². The fourth-order valence-electron chi connectivity index (χ4n) is 4.91. The second kappa shape index (κ2) is 8.60. The highest BCUT2D eigenvalue weighted by Gasteiger charge is 2.26. The molecule has 0 spiro atoms. The SMILES string of the molecule is O=C(CN1CCCCC1)Nc1c2c(nc3c1=CCCC=3)N(Cc1ccccc1)CC2. The van der Waals surface area contributed by atoms with Gasteiger partial charge in [-0.3, -0.25) is 9.69 Å². The number of anilines is 2. The van der Waals surface area contributed by atoms with E-state index in [9.17, 15) is 4.79 Å². The fourth-order valence-corrected chi connectivity index (χ4v) is 4.91. The lowest BCUT2D eigenvalue weighted by Gasteiger charge is -2.26. The number of benzene rings is 1. The summed E-state index contributed by atoms with van der Waals surface area (Å²) >= 11 is 0. The van der Waals surface area contributed by atoms with Gasteiger partial charge in [-0.25, -0.2) is 4.98 Å². The third-order valence-electron chi connectivity index (χ3n) is 6.42. The zero-order chi connectivity index (χ0) is 20.3. The maximum atomic E-state index is 12.9. The van der Waals surface area contributed by atoms with Gasteiger partial charge in [-0.05, 0) is 50.8 Å². The molecule has 0 unspecified atom stereocenters. The molecule has 1 aromatic heterocycles. The first-order valence-corrected chi connectivity index (χ1v) is 11.3. The number of nitrogens with zero attached hydrogens (tertiary/aromatic N) is 3. The number of piperidine rings is 1. The van der Waals surface area contributed by atoms with Gasteiger partial charge in [-0.15, -0.1) is 0 Å². The number of carbonyl (C=O) groups is 1. The van der Waals surface area contributed by atoms with E-state index < -0.39 is 0 Å². The second-order valence-electron chi connectivity index (χ2n) is 8.62. The van der Waals surface area contributed by atoms with Crippen molar-refractivity contribution in [3.8, 4) is 0 Å². The third kappa shape index (κ3) is 3.99. The predicted molar refractivity (Wildman–Crippen MR) is 122 cm³/mol. The van der Waals surface area contributed by atoms with Crippen molar-refractivity contribution in [3.05, 3.63) is 52.0 Å². The Morgan fingerprint density at radius 1 is 1.00 bits per heavy atom. The van der Waals surface area contributed by atoms with E-state index in [1.807, 2.05) is 0 Å². The number of likely N-dealkylation sites (tertiary alicyclic amines) is 1. The van der Waals surface area contributed by atoms with E-state index in [2.05, 4.69) is 57.6 Å². The second-order valence-corrected chi connectivity index (χ2v) is 8.62. The van der Waals surface area contributed by atoms with Gasteiger partial charge in [0.2, 0.25) is 5.91 Å². The number of rotatable bonds is 5. The molecule has 2 aromatic rings. The average Bonchev–Trinajstić information content (AvgIpc) is 3.17. The van der Waals surface area contributed by atoms with Crippen molar-refractivity contribution in [1.29, 1.82) is 0 Å². The van der Waals surface area contributed by atoms with Crippen LogP contribution in [0.3, 0.4) is 0 Å². The minimum absolute atomic E-state index is 0.105. The van der Waals surface area contributed by atoms with Crippen LogP contribution in [0.1, 0.15) is 43.2 Å². The van der Waals surface area contributed by atoms with E-state index in [-0.39, 0.29) is 5.91 Å². The van der Waals surface area contributed by atoms with E-state index in [1.165, 1.54) is 30.4 Å². The molecule has 156 valence electrons. The van der Waals surface area contributed by atoms with Gasteiger partial charge in [-0.1, -0.05) is 48.9 Å². The lowest BCUT2D eigenvalue weighted by Crippen LogP contribution is -2.40. The molecule has 1 aliphatic carbocycles. The van der Waals surface area contributed by atoms with Crippen LogP contribution in [0.5, 0.6) is 0 Å². The molecule has 1 aromatic carbocycles. The van der Waals surface area contributed by atoms with Crippen LogP contribution in [0.15, 0.2) is 30.3 Å². The zero-order valence-corrected chi connectivity index (χ0v) is 17.6. The molecule has 30 heavy (non-hydrogen) atoms. The summed E-state index contributed by atoms with van der Waals surface area (Å²) < 4.78 is 0. The Kier molecular flexibility index (Phi) is 5.54. The lowest BCUT2D eigenvalue weighted by molar-refractivity contribution is -0.117. The molecule has 1 N–H and O–H groups in total. The standard InChI is InChI=1S/C25H30N4O/c30-23(18-28-14-7-2-8-15-28)27-24-20-11-5-6-12-22(20)26-25-21(24)13-16-29(25)17-19-9-3-1-4-10-19/h1,3-4,9-12H,2,5-8,13-18H2,(H,27,30). The van der Waals surface area contributed by atoms with Crippen molar-refractivity contribution in [2.24, 2.45) is 0 Å². The number of amides is 1. The third-order valence-corrected chi connectivity index (χ3v) is 6.42. The molecule has 1 saturated heterocycles. The van der Waals surface area contributed by atoms with Crippen LogP contribution in [0.2, 0.25) is 0 Å². The Hall–Kier alpha value is -2.66. The van der Waals surface area contributed by atoms with Crippen molar-refractivity contribution >= 4 is 29.6 Å². The molecule has 3 heterocycles. The summed E-state index contributed by atoms with van der Waals surface area (Å²) in [6, 6.07) is 10.6. The molecule has 5 nitrogen and oxygen atoms in total. The minimum atomic E-state index is 0.105. The highest BCUT2D eigenvalue weighted by Crippen LogP contribution is 2.30. The van der Waals surface area contributed by atoms with E-state index in [1.54, 1.807) is 0 Å². The van der Waals surface area contributed by atoms with E-state index in [4.69, 9.17) is 4.98 Å². The predicted octanol–water partition coefficient (Wildman–Crippen LogP) is 2.42. The number of nitrogens with one attached hydrogen (secondary N) is 1. The smallest absolute Gasteiger partial charge is 0.238 e. The molecule has 1 amide bonds. The molecule has 3 aliphatic rings. The van der Waals surface area contributed by atoms with Crippen molar-refractivity contribution in [2.45, 2.75) is 45.1 Å². The van der Waals surface area contributed by atoms with Crippen LogP contribution in [0.4, 0.5) is 11.5 Å². The summed E-state index contributed by atoms with van der Waals surface area (Å²) in [5.41, 5.74) is 3.49. The summed E-state index contributed by atoms with van der Waals surface area (Å²) in [6.07, 6.45) is 11.1. The number of fused-ring (bicyclic) bond motifs is 2. The van der Waals surface area contributed by atoms with Crippen molar-refractivity contribution in [2.75, 3.05) is 36.4 Å². The maximum Gasteiger partial charge on any atom is 0.238 e. The first-order valence-electron chi connectivity index (χ1n) is 11.3. The van der Waals surface area contributed by atoms with Gasteiger partial charge in [-0.2, -0.15) is 0 Å².